The lowest BCUT2D eigenvalue weighted by Gasteiger charge is -2.15. The van der Waals surface area contributed by atoms with Gasteiger partial charge in [-0.2, -0.15) is 5.10 Å². The molecule has 0 bridgehead atoms. The van der Waals surface area contributed by atoms with Gasteiger partial charge in [0.2, 0.25) is 0 Å². The molecule has 8 nitrogen and oxygen atoms in total. The van der Waals surface area contributed by atoms with Crippen molar-refractivity contribution in [1.82, 2.24) is 5.43 Å². The van der Waals surface area contributed by atoms with Crippen molar-refractivity contribution in [2.24, 2.45) is 5.10 Å². The van der Waals surface area contributed by atoms with E-state index in [4.69, 9.17) is 9.47 Å². The average molecular weight is 502 g/mol. The largest absolute Gasteiger partial charge is 0.493 e. The Kier molecular flexibility index (Phi) is 7.72. The van der Waals surface area contributed by atoms with E-state index in [-0.39, 0.29) is 5.69 Å². The number of allylic oxidation sites excluding steroid dienone is 1. The number of carbonyl (C=O) groups is 1. The molecule has 0 fully saturated rings. The first-order valence-corrected chi connectivity index (χ1v) is 11.8. The van der Waals surface area contributed by atoms with Crippen LogP contribution in [0.3, 0.4) is 0 Å². The number of hydrogen-bond acceptors (Lipinski definition) is 7. The highest BCUT2D eigenvalue weighted by Crippen LogP contribution is 2.34. The second-order valence-corrected chi connectivity index (χ2v) is 8.85. The van der Waals surface area contributed by atoms with E-state index in [1.807, 2.05) is 36.4 Å². The molecule has 0 unspecified atom stereocenters. The van der Waals surface area contributed by atoms with Crippen LogP contribution in [0.2, 0.25) is 0 Å². The molecule has 0 aliphatic heterocycles. The first-order chi connectivity index (χ1) is 17.5. The number of carbonyl (C=O) groups excluding carboxylic acids is 1. The van der Waals surface area contributed by atoms with E-state index in [2.05, 4.69) is 17.1 Å². The Bertz CT molecular complexity index is 1450. The van der Waals surface area contributed by atoms with Crippen LogP contribution in [0.1, 0.15) is 26.4 Å². The van der Waals surface area contributed by atoms with E-state index < -0.39 is 10.8 Å². The van der Waals surface area contributed by atoms with Gasteiger partial charge in [-0.05, 0) is 41.8 Å². The van der Waals surface area contributed by atoms with E-state index in [0.29, 0.717) is 40.4 Å². The van der Waals surface area contributed by atoms with Crippen LogP contribution in [0.15, 0.2) is 84.5 Å². The minimum atomic E-state index is -0.464. The van der Waals surface area contributed by atoms with Crippen molar-refractivity contribution in [1.29, 1.82) is 0 Å². The summed E-state index contributed by atoms with van der Waals surface area (Å²) in [6, 6.07) is 19.6. The third kappa shape index (κ3) is 5.76. The third-order valence-electron chi connectivity index (χ3n) is 5.28. The number of non-ortho nitro benzene ring substituents is 1. The van der Waals surface area contributed by atoms with Gasteiger partial charge in [0.25, 0.3) is 11.6 Å². The van der Waals surface area contributed by atoms with Gasteiger partial charge in [-0.15, -0.1) is 17.9 Å². The molecule has 1 heterocycles. The van der Waals surface area contributed by atoms with Gasteiger partial charge in [0, 0.05) is 27.8 Å². The van der Waals surface area contributed by atoms with Crippen LogP contribution >= 0.6 is 11.3 Å². The zero-order chi connectivity index (χ0) is 25.5. The first-order valence-electron chi connectivity index (χ1n) is 11.0. The number of nitrogens with zero attached hydrogens (tertiary/aromatic N) is 2. The van der Waals surface area contributed by atoms with Crippen LogP contribution in [0.4, 0.5) is 5.69 Å². The molecule has 1 aromatic heterocycles. The number of amides is 1. The second kappa shape index (κ2) is 11.3. The van der Waals surface area contributed by atoms with Crippen molar-refractivity contribution in [3.8, 4) is 11.5 Å². The summed E-state index contributed by atoms with van der Waals surface area (Å²) in [5, 5.41) is 15.7. The van der Waals surface area contributed by atoms with Gasteiger partial charge in [-0.3, -0.25) is 14.9 Å². The third-order valence-corrected chi connectivity index (χ3v) is 6.39. The fourth-order valence-electron chi connectivity index (χ4n) is 3.59. The fraction of sp³-hybridized carbons (Fsp3) is 0.111. The van der Waals surface area contributed by atoms with Crippen molar-refractivity contribution in [3.05, 3.63) is 111 Å². The number of nitro benzene ring substituents is 1. The van der Waals surface area contributed by atoms with Crippen LogP contribution in [0.25, 0.3) is 10.1 Å². The van der Waals surface area contributed by atoms with Crippen molar-refractivity contribution < 1.29 is 19.2 Å². The highest BCUT2D eigenvalue weighted by molar-refractivity contribution is 7.20. The second-order valence-electron chi connectivity index (χ2n) is 7.77. The lowest BCUT2D eigenvalue weighted by molar-refractivity contribution is -0.384. The maximum atomic E-state index is 12.6. The number of hydrazone groups is 1. The van der Waals surface area contributed by atoms with Gasteiger partial charge in [0.1, 0.15) is 6.61 Å². The molecule has 0 atom stereocenters. The summed E-state index contributed by atoms with van der Waals surface area (Å²) in [5.41, 5.74) is 5.11. The molecule has 0 aliphatic rings. The van der Waals surface area contributed by atoms with Crippen LogP contribution in [-0.4, -0.2) is 24.2 Å². The first kappa shape index (κ1) is 24.6. The van der Waals surface area contributed by atoms with E-state index in [1.54, 1.807) is 31.4 Å². The Labute approximate surface area is 211 Å². The van der Waals surface area contributed by atoms with Crippen LogP contribution in [0, 0.1) is 10.1 Å². The minimum Gasteiger partial charge on any atom is -0.493 e. The van der Waals surface area contributed by atoms with E-state index in [1.165, 1.54) is 29.7 Å². The smallest absolute Gasteiger partial charge is 0.281 e. The summed E-state index contributed by atoms with van der Waals surface area (Å²) in [6.07, 6.45) is 3.85. The number of methoxy groups -OCH3 is 1. The molecule has 0 saturated carbocycles. The topological polar surface area (TPSA) is 103 Å². The monoisotopic (exact) mass is 501 g/mol. The van der Waals surface area contributed by atoms with Gasteiger partial charge < -0.3 is 9.47 Å². The molecule has 4 aromatic rings. The molecule has 9 heteroatoms. The summed E-state index contributed by atoms with van der Waals surface area (Å²) < 4.78 is 12.4. The summed E-state index contributed by atoms with van der Waals surface area (Å²) in [5.74, 6) is 0.766. The number of ether oxygens (including phenoxy) is 2. The molecule has 36 heavy (non-hydrogen) atoms. The predicted molar refractivity (Wildman–Crippen MR) is 141 cm³/mol. The zero-order valence-electron chi connectivity index (χ0n) is 19.5. The molecule has 3 aromatic carbocycles. The lowest BCUT2D eigenvalue weighted by atomic mass is 10.1. The molecule has 0 aliphatic carbocycles. The number of nitro groups is 1. The molecule has 1 amide bonds. The number of rotatable bonds is 10. The normalized spacial score (nSPS) is 10.9. The summed E-state index contributed by atoms with van der Waals surface area (Å²) >= 11 is 1.24. The average Bonchev–Trinajstić information content (AvgIpc) is 3.32. The zero-order valence-corrected chi connectivity index (χ0v) is 20.3. The maximum absolute atomic E-state index is 12.6. The highest BCUT2D eigenvalue weighted by atomic mass is 32.1. The van der Waals surface area contributed by atoms with Crippen molar-refractivity contribution >= 4 is 39.2 Å². The molecule has 182 valence electrons. The molecule has 0 radical (unpaired) electrons. The number of fused-ring (bicyclic) bond motifs is 1. The van der Waals surface area contributed by atoms with Crippen molar-refractivity contribution in [2.45, 2.75) is 13.0 Å². The summed E-state index contributed by atoms with van der Waals surface area (Å²) in [4.78, 5) is 23.5. The Morgan fingerprint density at radius 3 is 2.69 bits per heavy atom. The lowest BCUT2D eigenvalue weighted by Crippen LogP contribution is -2.16. The van der Waals surface area contributed by atoms with Gasteiger partial charge in [0.05, 0.1) is 23.1 Å². The fourth-order valence-corrected chi connectivity index (χ4v) is 4.52. The molecular weight excluding hydrogens is 478 g/mol. The quantitative estimate of drug-likeness (QED) is 0.126. The van der Waals surface area contributed by atoms with Crippen molar-refractivity contribution in [2.75, 3.05) is 7.11 Å². The Hall–Kier alpha value is -4.50. The summed E-state index contributed by atoms with van der Waals surface area (Å²) in [6.45, 7) is 4.22. The Morgan fingerprint density at radius 1 is 1.17 bits per heavy atom. The number of hydrogen-bond donors (Lipinski definition) is 1. The van der Waals surface area contributed by atoms with Crippen LogP contribution < -0.4 is 14.9 Å². The SMILES string of the molecule is C=CCc1cc(/C=N\NC(=O)c2cc3cc([N+](=O)[O-])ccc3s2)cc(OC)c1OCc1ccccc1. The van der Waals surface area contributed by atoms with Gasteiger partial charge in [-0.25, -0.2) is 5.43 Å². The van der Waals surface area contributed by atoms with Gasteiger partial charge >= 0.3 is 0 Å². The molecular formula is C27H23N3O5S. The molecule has 0 saturated heterocycles. The number of thiophene rings is 1. The Morgan fingerprint density at radius 2 is 1.97 bits per heavy atom. The van der Waals surface area contributed by atoms with Gasteiger partial charge in [0.15, 0.2) is 11.5 Å². The van der Waals surface area contributed by atoms with E-state index in [0.717, 1.165) is 15.8 Å². The molecule has 0 spiro atoms. The summed E-state index contributed by atoms with van der Waals surface area (Å²) in [7, 11) is 1.57. The van der Waals surface area contributed by atoms with E-state index in [9.17, 15) is 14.9 Å². The predicted octanol–water partition coefficient (Wildman–Crippen LogP) is 5.89. The minimum absolute atomic E-state index is 0.0225. The standard InChI is InChI=1S/C27H23N3O5S/c1-3-7-20-12-19(13-23(34-2)26(20)35-17-18-8-5-4-6-9-18)16-28-29-27(31)25-15-21-14-22(30(32)33)10-11-24(21)36-25/h3-6,8-16H,1,7,17H2,2H3,(H,29,31)/b28-16-. The molecule has 4 rings (SSSR count). The Balaban J connectivity index is 1.50. The van der Waals surface area contributed by atoms with Crippen molar-refractivity contribution in [3.63, 3.8) is 0 Å². The van der Waals surface area contributed by atoms with Crippen LogP contribution in [0.5, 0.6) is 11.5 Å². The maximum Gasteiger partial charge on any atom is 0.281 e. The number of benzene rings is 3. The van der Waals surface area contributed by atoms with Gasteiger partial charge in [-0.1, -0.05) is 36.4 Å². The number of nitrogens with one attached hydrogen (secondary N) is 1. The molecule has 1 N–H and O–H groups in total. The van der Waals surface area contributed by atoms with E-state index >= 15 is 0 Å². The van der Waals surface area contributed by atoms with Crippen LogP contribution in [-0.2, 0) is 13.0 Å². The highest BCUT2D eigenvalue weighted by Gasteiger charge is 2.14.